The van der Waals surface area contributed by atoms with Crippen molar-refractivity contribution in [1.29, 1.82) is 0 Å². The van der Waals surface area contributed by atoms with Crippen molar-refractivity contribution in [2.45, 2.75) is 52.6 Å². The number of hydrogen-bond donors (Lipinski definition) is 2. The van der Waals surface area contributed by atoms with Gasteiger partial charge in [0.15, 0.2) is 5.96 Å². The summed E-state index contributed by atoms with van der Waals surface area (Å²) in [5.74, 6) is 0.922. The van der Waals surface area contributed by atoms with E-state index >= 15 is 0 Å². The Morgan fingerprint density at radius 1 is 1.21 bits per heavy atom. The average molecular weight is 528 g/mol. The van der Waals surface area contributed by atoms with Crippen LogP contribution >= 0.6 is 35.3 Å². The number of piperidine rings is 1. The van der Waals surface area contributed by atoms with Gasteiger partial charge in [0.2, 0.25) is 0 Å². The molecule has 2 heterocycles. The standard InChI is InChI=1S/C22H33N5S.HI/c1-4-13-27-14-11-19(12-15-27)26-22(23-5-2)24-16-20-17(3)25-21(28-20)18-9-7-6-8-10-18;/h6-10,19H,4-5,11-16H2,1-3H3,(H2,23,24,26);1H. The number of benzene rings is 1. The second-order valence-corrected chi connectivity index (χ2v) is 8.43. The first-order chi connectivity index (χ1) is 13.7. The summed E-state index contributed by atoms with van der Waals surface area (Å²) in [5.41, 5.74) is 2.26. The second kappa shape index (κ2) is 12.5. The zero-order valence-electron chi connectivity index (χ0n) is 17.8. The fourth-order valence-electron chi connectivity index (χ4n) is 3.56. The maximum atomic E-state index is 4.85. The Morgan fingerprint density at radius 3 is 2.59 bits per heavy atom. The number of guanidine groups is 1. The molecule has 0 bridgehead atoms. The van der Waals surface area contributed by atoms with Crippen LogP contribution in [0.3, 0.4) is 0 Å². The number of nitrogens with one attached hydrogen (secondary N) is 2. The molecule has 1 fully saturated rings. The van der Waals surface area contributed by atoms with E-state index in [2.05, 4.69) is 60.6 Å². The minimum atomic E-state index is 0. The van der Waals surface area contributed by atoms with Crippen LogP contribution in [0, 0.1) is 6.92 Å². The van der Waals surface area contributed by atoms with E-state index in [1.54, 1.807) is 11.3 Å². The molecule has 5 nitrogen and oxygen atoms in total. The Morgan fingerprint density at radius 2 is 1.93 bits per heavy atom. The lowest BCUT2D eigenvalue weighted by atomic mass is 10.1. The highest BCUT2D eigenvalue weighted by molar-refractivity contribution is 14.0. The normalized spacial score (nSPS) is 15.8. The predicted octanol–water partition coefficient (Wildman–Crippen LogP) is 4.67. The zero-order chi connectivity index (χ0) is 19.8. The summed E-state index contributed by atoms with van der Waals surface area (Å²) >= 11 is 1.74. The fourth-order valence-corrected chi connectivity index (χ4v) is 4.55. The largest absolute Gasteiger partial charge is 0.357 e. The van der Waals surface area contributed by atoms with Gasteiger partial charge in [-0.2, -0.15) is 0 Å². The van der Waals surface area contributed by atoms with Gasteiger partial charge in [-0.25, -0.2) is 9.98 Å². The van der Waals surface area contributed by atoms with E-state index < -0.39 is 0 Å². The number of rotatable bonds is 7. The lowest BCUT2D eigenvalue weighted by Crippen LogP contribution is -2.48. The molecule has 29 heavy (non-hydrogen) atoms. The molecule has 0 aliphatic carbocycles. The number of nitrogens with zero attached hydrogens (tertiary/aromatic N) is 3. The van der Waals surface area contributed by atoms with Crippen molar-refractivity contribution in [3.63, 3.8) is 0 Å². The molecule has 2 aromatic rings. The molecular formula is C22H34IN5S. The van der Waals surface area contributed by atoms with Crippen LogP contribution in [0.1, 0.15) is 43.7 Å². The monoisotopic (exact) mass is 527 g/mol. The molecule has 3 rings (SSSR count). The average Bonchev–Trinajstić information content (AvgIpc) is 3.09. The van der Waals surface area contributed by atoms with E-state index in [0.29, 0.717) is 12.6 Å². The first kappa shape index (κ1) is 24.1. The Labute approximate surface area is 196 Å². The first-order valence-electron chi connectivity index (χ1n) is 10.5. The lowest BCUT2D eigenvalue weighted by Gasteiger charge is -2.32. The van der Waals surface area contributed by atoms with Gasteiger partial charge in [-0.3, -0.25) is 0 Å². The summed E-state index contributed by atoms with van der Waals surface area (Å²) in [6.07, 6.45) is 3.60. The van der Waals surface area contributed by atoms with Crippen molar-refractivity contribution in [1.82, 2.24) is 20.5 Å². The van der Waals surface area contributed by atoms with E-state index in [9.17, 15) is 0 Å². The molecule has 0 atom stereocenters. The quantitative estimate of drug-likeness (QED) is 0.312. The van der Waals surface area contributed by atoms with Gasteiger partial charge in [0.05, 0.1) is 12.2 Å². The zero-order valence-corrected chi connectivity index (χ0v) is 20.9. The van der Waals surface area contributed by atoms with Crippen LogP contribution in [0.4, 0.5) is 0 Å². The van der Waals surface area contributed by atoms with Crippen LogP contribution in [-0.2, 0) is 6.54 Å². The molecule has 1 aliphatic rings. The molecule has 0 radical (unpaired) electrons. The minimum absolute atomic E-state index is 0. The summed E-state index contributed by atoms with van der Waals surface area (Å²) in [4.78, 5) is 13.4. The third kappa shape index (κ3) is 7.22. The molecule has 0 spiro atoms. The molecule has 0 unspecified atom stereocenters. The lowest BCUT2D eigenvalue weighted by molar-refractivity contribution is 0.206. The van der Waals surface area contributed by atoms with Gasteiger partial charge in [-0.1, -0.05) is 37.3 Å². The SMILES string of the molecule is CCCN1CCC(NC(=NCc2sc(-c3ccccc3)nc2C)NCC)CC1.I. The van der Waals surface area contributed by atoms with Gasteiger partial charge in [0, 0.05) is 36.1 Å². The van der Waals surface area contributed by atoms with Crippen molar-refractivity contribution in [2.24, 2.45) is 4.99 Å². The van der Waals surface area contributed by atoms with E-state index in [1.165, 1.54) is 49.3 Å². The molecule has 1 aliphatic heterocycles. The van der Waals surface area contributed by atoms with Crippen LogP contribution in [0.5, 0.6) is 0 Å². The van der Waals surface area contributed by atoms with Gasteiger partial charge >= 0.3 is 0 Å². The molecule has 7 heteroatoms. The van der Waals surface area contributed by atoms with Crippen molar-refractivity contribution in [3.8, 4) is 10.6 Å². The number of likely N-dealkylation sites (tertiary alicyclic amines) is 1. The van der Waals surface area contributed by atoms with Gasteiger partial charge in [0.25, 0.3) is 0 Å². The van der Waals surface area contributed by atoms with Crippen molar-refractivity contribution in [2.75, 3.05) is 26.2 Å². The molecule has 0 amide bonds. The summed E-state index contributed by atoms with van der Waals surface area (Å²) in [5, 5.41) is 8.12. The highest BCUT2D eigenvalue weighted by Gasteiger charge is 2.19. The van der Waals surface area contributed by atoms with E-state index in [-0.39, 0.29) is 24.0 Å². The topological polar surface area (TPSA) is 52.5 Å². The van der Waals surface area contributed by atoms with Crippen molar-refractivity contribution in [3.05, 3.63) is 40.9 Å². The van der Waals surface area contributed by atoms with E-state index in [4.69, 9.17) is 9.98 Å². The van der Waals surface area contributed by atoms with E-state index in [0.717, 1.165) is 23.2 Å². The number of hydrogen-bond acceptors (Lipinski definition) is 4. The van der Waals surface area contributed by atoms with Crippen molar-refractivity contribution < 1.29 is 0 Å². The van der Waals surface area contributed by atoms with Gasteiger partial charge < -0.3 is 15.5 Å². The number of aryl methyl sites for hydroxylation is 1. The summed E-state index contributed by atoms with van der Waals surface area (Å²) in [6.45, 7) is 11.6. The Bertz CT molecular complexity index is 754. The molecule has 1 saturated heterocycles. The Hall–Kier alpha value is -1.19. The highest BCUT2D eigenvalue weighted by atomic mass is 127. The molecule has 160 valence electrons. The molecule has 1 aromatic carbocycles. The Kier molecular flexibility index (Phi) is 10.4. The first-order valence-corrected chi connectivity index (χ1v) is 11.3. The highest BCUT2D eigenvalue weighted by Crippen LogP contribution is 2.28. The summed E-state index contributed by atoms with van der Waals surface area (Å²) in [7, 11) is 0. The second-order valence-electron chi connectivity index (χ2n) is 7.35. The number of aliphatic imine (C=N–C) groups is 1. The van der Waals surface area contributed by atoms with Crippen LogP contribution in [0.2, 0.25) is 0 Å². The Balaban J connectivity index is 0.00000300. The molecule has 0 saturated carbocycles. The number of thiazole rings is 1. The molecule has 1 aromatic heterocycles. The minimum Gasteiger partial charge on any atom is -0.357 e. The maximum absolute atomic E-state index is 4.85. The van der Waals surface area contributed by atoms with Crippen LogP contribution in [0.15, 0.2) is 35.3 Å². The predicted molar refractivity (Wildman–Crippen MR) is 135 cm³/mol. The van der Waals surface area contributed by atoms with Crippen LogP contribution in [0.25, 0.3) is 10.6 Å². The molecule has 2 N–H and O–H groups in total. The third-order valence-electron chi connectivity index (χ3n) is 5.11. The summed E-state index contributed by atoms with van der Waals surface area (Å²) < 4.78 is 0. The van der Waals surface area contributed by atoms with Gasteiger partial charge in [-0.05, 0) is 39.7 Å². The van der Waals surface area contributed by atoms with Crippen LogP contribution in [-0.4, -0.2) is 48.1 Å². The number of aromatic nitrogens is 1. The molecular weight excluding hydrogens is 493 g/mol. The fraction of sp³-hybridized carbons (Fsp3) is 0.545. The third-order valence-corrected chi connectivity index (χ3v) is 6.30. The number of halogens is 1. The van der Waals surface area contributed by atoms with E-state index in [1.807, 2.05) is 6.07 Å². The van der Waals surface area contributed by atoms with Crippen molar-refractivity contribution >= 4 is 41.3 Å². The summed E-state index contributed by atoms with van der Waals surface area (Å²) in [6, 6.07) is 10.9. The smallest absolute Gasteiger partial charge is 0.191 e. The maximum Gasteiger partial charge on any atom is 0.191 e. The van der Waals surface area contributed by atoms with Gasteiger partial charge in [0.1, 0.15) is 5.01 Å². The van der Waals surface area contributed by atoms with Gasteiger partial charge in [-0.15, -0.1) is 35.3 Å². The van der Waals surface area contributed by atoms with Crippen LogP contribution < -0.4 is 10.6 Å².